The third kappa shape index (κ3) is 7.06. The molecule has 0 radical (unpaired) electrons. The van der Waals surface area contributed by atoms with E-state index in [1.54, 1.807) is 19.2 Å². The molecule has 0 bridgehead atoms. The molecule has 38 heavy (non-hydrogen) atoms. The summed E-state index contributed by atoms with van der Waals surface area (Å²) < 4.78 is 14.3. The second-order valence-corrected chi connectivity index (χ2v) is 10.6. The predicted molar refractivity (Wildman–Crippen MR) is 155 cm³/mol. The number of aliphatic imine (C=N–C) groups is 1. The van der Waals surface area contributed by atoms with Gasteiger partial charge in [0, 0.05) is 71.5 Å². The summed E-state index contributed by atoms with van der Waals surface area (Å²) in [5.41, 5.74) is 1.62. The van der Waals surface area contributed by atoms with Crippen LogP contribution in [0.25, 0.3) is 0 Å². The number of hydrogen-bond acceptors (Lipinski definition) is 6. The third-order valence-electron chi connectivity index (χ3n) is 7.47. The fourth-order valence-electron chi connectivity index (χ4n) is 5.42. The third-order valence-corrected chi connectivity index (χ3v) is 7.98. The Labute approximate surface area is 237 Å². The number of hydrogen-bond donors (Lipinski definition) is 2. The monoisotopic (exact) mass is 564 g/mol. The van der Waals surface area contributed by atoms with Gasteiger partial charge in [0.05, 0.1) is 5.02 Å². The molecule has 8 nitrogen and oxygen atoms in total. The number of guanidine groups is 1. The van der Waals surface area contributed by atoms with Crippen LogP contribution < -0.4 is 15.5 Å². The van der Waals surface area contributed by atoms with E-state index < -0.39 is 0 Å². The average Bonchev–Trinajstić information content (AvgIpc) is 2.93. The Morgan fingerprint density at radius 1 is 1.24 bits per heavy atom. The smallest absolute Gasteiger partial charge is 0.204 e. The number of nitrogens with one attached hydrogen (secondary N) is 2. The Kier molecular flexibility index (Phi) is 10.0. The van der Waals surface area contributed by atoms with Gasteiger partial charge in [0.1, 0.15) is 11.6 Å². The lowest BCUT2D eigenvalue weighted by Gasteiger charge is -2.47. The minimum Gasteiger partial charge on any atom is -0.353 e. The normalized spacial score (nSPS) is 19.8. The van der Waals surface area contributed by atoms with E-state index in [9.17, 15) is 4.39 Å². The number of rotatable bonds is 7. The molecule has 2 aliphatic rings. The Morgan fingerprint density at radius 3 is 2.68 bits per heavy atom. The average molecular weight is 566 g/mol. The van der Waals surface area contributed by atoms with E-state index in [2.05, 4.69) is 42.2 Å². The molecule has 1 atom stereocenters. The molecule has 1 aromatic carbocycles. The maximum Gasteiger partial charge on any atom is 0.204 e. The maximum absolute atomic E-state index is 14.3. The maximum atomic E-state index is 14.3. The van der Waals surface area contributed by atoms with Crippen molar-refractivity contribution < 1.29 is 7.24 Å². The molecule has 3 heterocycles. The largest absolute Gasteiger partial charge is 0.353 e. The summed E-state index contributed by atoms with van der Waals surface area (Å²) in [5, 5.41) is 15.4. The molecule has 2 saturated heterocycles. The van der Waals surface area contributed by atoms with Crippen LogP contribution in [0.1, 0.15) is 40.2 Å². The Hall–Kier alpha value is -2.64. The minimum absolute atomic E-state index is 0. The minimum atomic E-state index is -0.228. The molecule has 2 aromatic rings. The van der Waals surface area contributed by atoms with Crippen LogP contribution in [-0.4, -0.2) is 72.6 Å². The fourth-order valence-corrected chi connectivity index (χ4v) is 5.89. The zero-order chi connectivity index (χ0) is 27.1. The zero-order valence-electron chi connectivity index (χ0n) is 21.9. The number of benzene rings is 1. The zero-order valence-corrected chi connectivity index (χ0v) is 23.4. The van der Waals surface area contributed by atoms with Gasteiger partial charge < -0.3 is 10.2 Å². The highest BCUT2D eigenvalue weighted by atomic mass is 35.5. The Balaban J connectivity index is 0.00000280. The molecule has 4 rings (SSSR count). The van der Waals surface area contributed by atoms with Crippen molar-refractivity contribution in [1.29, 1.82) is 5.26 Å². The number of aromatic nitrogens is 1. The van der Waals surface area contributed by atoms with Crippen molar-refractivity contribution in [3.05, 3.63) is 57.5 Å². The first-order chi connectivity index (χ1) is 18.4. The van der Waals surface area contributed by atoms with Gasteiger partial charge >= 0.3 is 0 Å². The van der Waals surface area contributed by atoms with Gasteiger partial charge in [0.2, 0.25) is 5.96 Å². The number of anilines is 1. The molecule has 208 valence electrons. The molecule has 11 heteroatoms. The van der Waals surface area contributed by atoms with Gasteiger partial charge in [-0.25, -0.2) is 9.37 Å². The highest BCUT2D eigenvalue weighted by molar-refractivity contribution is 6.33. The van der Waals surface area contributed by atoms with Crippen LogP contribution in [0.15, 0.2) is 35.5 Å². The van der Waals surface area contributed by atoms with Crippen molar-refractivity contribution in [2.24, 2.45) is 4.99 Å². The summed E-state index contributed by atoms with van der Waals surface area (Å²) in [6.07, 6.45) is 6.89. The summed E-state index contributed by atoms with van der Waals surface area (Å²) in [4.78, 5) is 16.0. The second-order valence-electron chi connectivity index (χ2n) is 9.80. The van der Waals surface area contributed by atoms with Crippen LogP contribution in [0, 0.1) is 17.3 Å². The molecule has 1 aromatic heterocycles. The summed E-state index contributed by atoms with van der Waals surface area (Å²) in [5.74, 6) is 0.986. The SMILES string of the molecule is CC[C@H]1CN(c2ncc(CNC(=NC)NC#N)cc2Cl)CCN1C1CCN(Cc2ccc(Cl)cc2F)CC1.[HH].[HH]. The molecular weight excluding hydrogens is 526 g/mol. The lowest BCUT2D eigenvalue weighted by atomic mass is 9.97. The van der Waals surface area contributed by atoms with E-state index >= 15 is 0 Å². The number of piperazine rings is 1. The van der Waals surface area contributed by atoms with Gasteiger partial charge in [0.25, 0.3) is 0 Å². The van der Waals surface area contributed by atoms with Gasteiger partial charge in [-0.15, -0.1) is 0 Å². The Morgan fingerprint density at radius 2 is 2.03 bits per heavy atom. The predicted octanol–water partition coefficient (Wildman–Crippen LogP) is 4.73. The van der Waals surface area contributed by atoms with Gasteiger partial charge in [0.15, 0.2) is 6.19 Å². The van der Waals surface area contributed by atoms with E-state index in [0.29, 0.717) is 46.7 Å². The fraction of sp³-hybridized carbons (Fsp3) is 0.519. The molecule has 0 unspecified atom stereocenters. The number of nitriles is 1. The lowest BCUT2D eigenvalue weighted by molar-refractivity contribution is 0.0607. The van der Waals surface area contributed by atoms with Crippen LogP contribution in [0.3, 0.4) is 0 Å². The van der Waals surface area contributed by atoms with Crippen molar-refractivity contribution in [2.75, 3.05) is 44.7 Å². The van der Waals surface area contributed by atoms with Gasteiger partial charge in [-0.2, -0.15) is 5.26 Å². The van der Waals surface area contributed by atoms with E-state index in [1.807, 2.05) is 18.5 Å². The van der Waals surface area contributed by atoms with Crippen LogP contribution in [0.5, 0.6) is 0 Å². The molecule has 0 amide bonds. The van der Waals surface area contributed by atoms with Gasteiger partial charge in [-0.05, 0) is 56.1 Å². The second kappa shape index (κ2) is 13.4. The van der Waals surface area contributed by atoms with Gasteiger partial charge in [-0.3, -0.25) is 20.1 Å². The summed E-state index contributed by atoms with van der Waals surface area (Å²) in [7, 11) is 1.61. The Bertz CT molecular complexity index is 1170. The van der Waals surface area contributed by atoms with Crippen molar-refractivity contribution in [2.45, 2.75) is 51.4 Å². The number of halogens is 3. The summed E-state index contributed by atoms with van der Waals surface area (Å²) in [6, 6.07) is 7.82. The molecule has 0 aliphatic carbocycles. The van der Waals surface area contributed by atoms with E-state index in [1.165, 1.54) is 6.07 Å². The number of pyridine rings is 1. The first-order valence-corrected chi connectivity index (χ1v) is 13.8. The van der Waals surface area contributed by atoms with Crippen LogP contribution >= 0.6 is 23.2 Å². The first kappa shape index (κ1) is 28.4. The van der Waals surface area contributed by atoms with E-state index in [-0.39, 0.29) is 8.67 Å². The number of piperidine rings is 1. The number of likely N-dealkylation sites (tertiary alicyclic amines) is 1. The molecule has 2 aliphatic heterocycles. The molecule has 0 spiro atoms. The summed E-state index contributed by atoms with van der Waals surface area (Å²) >= 11 is 12.6. The van der Waals surface area contributed by atoms with Crippen LogP contribution in [0.2, 0.25) is 10.0 Å². The van der Waals surface area contributed by atoms with Crippen LogP contribution in [-0.2, 0) is 13.1 Å². The van der Waals surface area contributed by atoms with Crippen molar-refractivity contribution in [3.63, 3.8) is 0 Å². The molecule has 2 N–H and O–H groups in total. The quantitative estimate of drug-likeness (QED) is 0.217. The summed E-state index contributed by atoms with van der Waals surface area (Å²) in [6.45, 7) is 7.96. The van der Waals surface area contributed by atoms with Gasteiger partial charge in [-0.1, -0.05) is 36.2 Å². The van der Waals surface area contributed by atoms with E-state index in [0.717, 1.165) is 63.4 Å². The highest BCUT2D eigenvalue weighted by Crippen LogP contribution is 2.30. The first-order valence-electron chi connectivity index (χ1n) is 13.1. The lowest BCUT2D eigenvalue weighted by Crippen LogP contribution is -2.58. The topological polar surface area (TPSA) is 82.8 Å². The van der Waals surface area contributed by atoms with Crippen molar-refractivity contribution >= 4 is 35.0 Å². The van der Waals surface area contributed by atoms with Crippen molar-refractivity contribution in [3.8, 4) is 6.19 Å². The van der Waals surface area contributed by atoms with E-state index in [4.69, 9.17) is 28.5 Å². The standard InChI is InChI=1S/C27H35Cl2FN8.2H2/c1-3-22-17-37(26-24(29)12-19(14-33-26)15-34-27(32-2)35-18-31)10-11-38(22)23-6-8-36(9-7-23)16-20-4-5-21(28)13-25(20)30;;/h4-5,12-14,22-23H,3,6-11,15-17H2,1-2H3,(H2,32,34,35);2*1H/t22-;;/m0../s1. The molecule has 2 fully saturated rings. The highest BCUT2D eigenvalue weighted by Gasteiger charge is 2.34. The van der Waals surface area contributed by atoms with Crippen molar-refractivity contribution in [1.82, 2.24) is 25.4 Å². The van der Waals surface area contributed by atoms with Crippen LogP contribution in [0.4, 0.5) is 10.2 Å². The number of nitrogens with zero attached hydrogens (tertiary/aromatic N) is 6. The molecular formula is C27H39Cl2FN8. The molecule has 0 saturated carbocycles.